The van der Waals surface area contributed by atoms with Crippen LogP contribution >= 0.6 is 0 Å². The molecule has 0 heterocycles. The van der Waals surface area contributed by atoms with Gasteiger partial charge in [0.1, 0.15) is 0 Å². The van der Waals surface area contributed by atoms with Gasteiger partial charge in [0.2, 0.25) is 5.91 Å². The summed E-state index contributed by atoms with van der Waals surface area (Å²) in [6.07, 6.45) is 5.96. The van der Waals surface area contributed by atoms with E-state index >= 15 is 0 Å². The van der Waals surface area contributed by atoms with Crippen LogP contribution < -0.4 is 11.1 Å². The summed E-state index contributed by atoms with van der Waals surface area (Å²) in [5, 5.41) is 2.97. The molecule has 1 aliphatic rings. The third-order valence-electron chi connectivity index (χ3n) is 3.70. The largest absolute Gasteiger partial charge is 0.382 e. The molecule has 0 bridgehead atoms. The van der Waals surface area contributed by atoms with Crippen LogP contribution in [0.1, 0.15) is 46.0 Å². The minimum absolute atomic E-state index is 0.0484. The molecule has 0 aromatic carbocycles. The highest BCUT2D eigenvalue weighted by atomic mass is 16.5. The maximum Gasteiger partial charge on any atom is 0.236 e. The molecule has 0 aromatic heterocycles. The monoisotopic (exact) mass is 242 g/mol. The Morgan fingerprint density at radius 2 is 2.12 bits per heavy atom. The van der Waals surface area contributed by atoms with Gasteiger partial charge in [-0.15, -0.1) is 0 Å². The van der Waals surface area contributed by atoms with Crippen molar-refractivity contribution in [2.24, 2.45) is 11.1 Å². The molecule has 0 spiro atoms. The molecular formula is C13H26N2O2. The van der Waals surface area contributed by atoms with Gasteiger partial charge in [-0.3, -0.25) is 4.79 Å². The zero-order valence-electron chi connectivity index (χ0n) is 11.1. The first-order chi connectivity index (χ1) is 8.09. The summed E-state index contributed by atoms with van der Waals surface area (Å²) in [5.41, 5.74) is 5.80. The van der Waals surface area contributed by atoms with E-state index in [4.69, 9.17) is 10.5 Å². The molecule has 1 aliphatic carbocycles. The smallest absolute Gasteiger partial charge is 0.236 e. The van der Waals surface area contributed by atoms with Crippen LogP contribution in [0.15, 0.2) is 0 Å². The van der Waals surface area contributed by atoms with E-state index in [0.717, 1.165) is 26.2 Å². The van der Waals surface area contributed by atoms with Gasteiger partial charge in [0.15, 0.2) is 0 Å². The molecule has 17 heavy (non-hydrogen) atoms. The van der Waals surface area contributed by atoms with E-state index in [-0.39, 0.29) is 11.3 Å². The van der Waals surface area contributed by atoms with Crippen molar-refractivity contribution in [3.05, 3.63) is 0 Å². The molecule has 1 rings (SSSR count). The van der Waals surface area contributed by atoms with Crippen molar-refractivity contribution in [1.29, 1.82) is 0 Å². The summed E-state index contributed by atoms with van der Waals surface area (Å²) in [5.74, 6) is -0.0484. The highest BCUT2D eigenvalue weighted by Crippen LogP contribution is 2.40. The summed E-state index contributed by atoms with van der Waals surface area (Å²) in [4.78, 5) is 11.5. The van der Waals surface area contributed by atoms with Gasteiger partial charge in [-0.1, -0.05) is 12.8 Å². The third-order valence-corrected chi connectivity index (χ3v) is 3.70. The van der Waals surface area contributed by atoms with Crippen LogP contribution in [-0.4, -0.2) is 31.7 Å². The third kappa shape index (κ3) is 4.64. The molecule has 4 heteroatoms. The average Bonchev–Trinajstić information content (AvgIpc) is 2.75. The molecule has 1 saturated carbocycles. The Morgan fingerprint density at radius 3 is 2.65 bits per heavy atom. The average molecular weight is 242 g/mol. The maximum absolute atomic E-state index is 11.5. The molecule has 0 aromatic rings. The lowest BCUT2D eigenvalue weighted by Crippen LogP contribution is -2.43. The van der Waals surface area contributed by atoms with E-state index in [1.54, 1.807) is 6.92 Å². The van der Waals surface area contributed by atoms with Crippen molar-refractivity contribution in [2.75, 3.05) is 19.8 Å². The Labute approximate surface area is 104 Å². The van der Waals surface area contributed by atoms with Crippen molar-refractivity contribution in [2.45, 2.75) is 52.0 Å². The lowest BCUT2D eigenvalue weighted by Gasteiger charge is -2.29. The van der Waals surface area contributed by atoms with Crippen LogP contribution in [0.2, 0.25) is 0 Å². The number of ether oxygens (including phenoxy) is 1. The minimum atomic E-state index is -0.416. The molecule has 3 N–H and O–H groups in total. The van der Waals surface area contributed by atoms with Gasteiger partial charge in [0.25, 0.3) is 0 Å². The van der Waals surface area contributed by atoms with Crippen molar-refractivity contribution in [3.8, 4) is 0 Å². The molecule has 1 amide bonds. The molecule has 0 unspecified atom stereocenters. The van der Waals surface area contributed by atoms with E-state index in [0.29, 0.717) is 0 Å². The Balaban J connectivity index is 2.39. The van der Waals surface area contributed by atoms with Gasteiger partial charge in [0.05, 0.1) is 6.04 Å². The van der Waals surface area contributed by atoms with Crippen LogP contribution in [0.4, 0.5) is 0 Å². The van der Waals surface area contributed by atoms with Crippen LogP contribution in [0.3, 0.4) is 0 Å². The fourth-order valence-electron chi connectivity index (χ4n) is 2.51. The van der Waals surface area contributed by atoms with Crippen molar-refractivity contribution in [1.82, 2.24) is 5.32 Å². The highest BCUT2D eigenvalue weighted by Gasteiger charge is 2.33. The summed E-state index contributed by atoms with van der Waals surface area (Å²) in [7, 11) is 0. The van der Waals surface area contributed by atoms with E-state index in [1.807, 2.05) is 6.92 Å². The molecule has 1 atom stereocenters. The second kappa shape index (κ2) is 6.97. The van der Waals surface area contributed by atoms with Crippen LogP contribution in [0.25, 0.3) is 0 Å². The van der Waals surface area contributed by atoms with Gasteiger partial charge in [-0.25, -0.2) is 0 Å². The van der Waals surface area contributed by atoms with Crippen LogP contribution in [0.5, 0.6) is 0 Å². The zero-order valence-corrected chi connectivity index (χ0v) is 11.1. The molecule has 100 valence electrons. The molecule has 0 saturated heterocycles. The molecular weight excluding hydrogens is 216 g/mol. The second-order valence-electron chi connectivity index (χ2n) is 5.16. The van der Waals surface area contributed by atoms with Crippen molar-refractivity contribution >= 4 is 5.91 Å². The fraction of sp³-hybridized carbons (Fsp3) is 0.923. The second-order valence-corrected chi connectivity index (χ2v) is 5.16. The number of nitrogens with two attached hydrogens (primary N) is 1. The first-order valence-electron chi connectivity index (χ1n) is 6.71. The summed E-state index contributed by atoms with van der Waals surface area (Å²) < 4.78 is 5.44. The molecule has 4 nitrogen and oxygen atoms in total. The minimum Gasteiger partial charge on any atom is -0.382 e. The van der Waals surface area contributed by atoms with Gasteiger partial charge in [-0.05, 0) is 38.5 Å². The number of amides is 1. The standard InChI is InChI=1S/C13H26N2O2/c1-3-17-9-8-13(6-4-5-7-13)10-15-12(16)11(2)14/h11H,3-10,14H2,1-2H3,(H,15,16)/t11-/m0/s1. The predicted molar refractivity (Wildman–Crippen MR) is 68.7 cm³/mol. The number of rotatable bonds is 7. The first-order valence-corrected chi connectivity index (χ1v) is 6.71. The summed E-state index contributed by atoms with van der Waals surface area (Å²) >= 11 is 0. The number of nitrogens with one attached hydrogen (secondary N) is 1. The summed E-state index contributed by atoms with van der Waals surface area (Å²) in [6, 6.07) is -0.416. The van der Waals surface area contributed by atoms with Crippen LogP contribution in [-0.2, 0) is 9.53 Å². The predicted octanol–water partition coefficient (Wildman–Crippen LogP) is 1.44. The SMILES string of the molecule is CCOCCC1(CNC(=O)[C@H](C)N)CCCC1. The zero-order chi connectivity index (χ0) is 12.7. The number of carbonyl (C=O) groups is 1. The molecule has 1 fully saturated rings. The lowest BCUT2D eigenvalue weighted by molar-refractivity contribution is -0.122. The Bertz CT molecular complexity index is 236. The normalized spacial score (nSPS) is 20.2. The van der Waals surface area contributed by atoms with Gasteiger partial charge < -0.3 is 15.8 Å². The van der Waals surface area contributed by atoms with Crippen LogP contribution in [0, 0.1) is 5.41 Å². The lowest BCUT2D eigenvalue weighted by atomic mass is 9.83. The van der Waals surface area contributed by atoms with E-state index < -0.39 is 6.04 Å². The summed E-state index contributed by atoms with van der Waals surface area (Å²) in [6.45, 7) is 6.04. The van der Waals surface area contributed by atoms with Gasteiger partial charge in [-0.2, -0.15) is 0 Å². The molecule has 0 radical (unpaired) electrons. The van der Waals surface area contributed by atoms with E-state index in [9.17, 15) is 4.79 Å². The first kappa shape index (κ1) is 14.5. The van der Waals surface area contributed by atoms with Gasteiger partial charge in [0, 0.05) is 19.8 Å². The van der Waals surface area contributed by atoms with Crippen molar-refractivity contribution < 1.29 is 9.53 Å². The van der Waals surface area contributed by atoms with E-state index in [1.165, 1.54) is 25.7 Å². The number of hydrogen-bond acceptors (Lipinski definition) is 3. The number of hydrogen-bond donors (Lipinski definition) is 2. The van der Waals surface area contributed by atoms with E-state index in [2.05, 4.69) is 5.32 Å². The Hall–Kier alpha value is -0.610. The Kier molecular flexibility index (Phi) is 5.92. The Morgan fingerprint density at radius 1 is 1.47 bits per heavy atom. The maximum atomic E-state index is 11.5. The highest BCUT2D eigenvalue weighted by molar-refractivity contribution is 5.80. The van der Waals surface area contributed by atoms with Gasteiger partial charge >= 0.3 is 0 Å². The fourth-order valence-corrected chi connectivity index (χ4v) is 2.51. The topological polar surface area (TPSA) is 64.3 Å². The molecule has 0 aliphatic heterocycles. The number of carbonyl (C=O) groups excluding carboxylic acids is 1. The quantitative estimate of drug-likeness (QED) is 0.664. The van der Waals surface area contributed by atoms with Crippen molar-refractivity contribution in [3.63, 3.8) is 0 Å².